The first kappa shape index (κ1) is 37.5. The quantitative estimate of drug-likeness (QED) is 0.0703. The Hall–Kier alpha value is -0.990. The molecule has 0 saturated carbocycles. The van der Waals surface area contributed by atoms with E-state index in [2.05, 4.69) is 6.92 Å². The van der Waals surface area contributed by atoms with E-state index in [9.17, 15) is 20.1 Å². The number of carbonyl (C=O) groups is 1. The van der Waals surface area contributed by atoms with Crippen LogP contribution in [0.2, 0.25) is 0 Å². The van der Waals surface area contributed by atoms with Gasteiger partial charge in [0.15, 0.2) is 0 Å². The minimum atomic E-state index is -0.426. The summed E-state index contributed by atoms with van der Waals surface area (Å²) >= 11 is 0. The van der Waals surface area contributed by atoms with Crippen LogP contribution in [0.15, 0.2) is 11.6 Å². The molecule has 0 aromatic carbocycles. The molecule has 0 amide bonds. The second-order valence-corrected chi connectivity index (χ2v) is 14.0. The molecular weight excluding hydrogens is 556 g/mol. The molecule has 3 rings (SSSR count). The minimum absolute atomic E-state index is 0.0351. The average molecular weight is 623 g/mol. The number of carbonyl (C=O) groups excluding carboxylic acids is 1. The van der Waals surface area contributed by atoms with Gasteiger partial charge in [-0.2, -0.15) is 0 Å². The summed E-state index contributed by atoms with van der Waals surface area (Å²) in [5.41, 5.74) is 0.864. The third-order valence-corrected chi connectivity index (χ3v) is 10.1. The zero-order valence-electron chi connectivity index (χ0n) is 28.1. The Morgan fingerprint density at radius 1 is 0.659 bits per heavy atom. The first-order valence-corrected chi connectivity index (χ1v) is 18.6. The van der Waals surface area contributed by atoms with Crippen LogP contribution >= 0.6 is 0 Å². The molecule has 2 fully saturated rings. The van der Waals surface area contributed by atoms with Crippen molar-refractivity contribution >= 4 is 5.97 Å². The molecule has 0 bridgehead atoms. The maximum Gasteiger partial charge on any atom is 0.334 e. The van der Waals surface area contributed by atoms with E-state index in [1.807, 2.05) is 13.0 Å². The number of hydrogen-bond donors (Lipinski definition) is 3. The lowest BCUT2D eigenvalue weighted by Gasteiger charge is -2.24. The highest BCUT2D eigenvalue weighted by Crippen LogP contribution is 2.34. The van der Waals surface area contributed by atoms with Gasteiger partial charge in [0.05, 0.1) is 42.7 Å². The molecule has 0 aromatic heterocycles. The van der Waals surface area contributed by atoms with E-state index in [0.717, 1.165) is 108 Å². The summed E-state index contributed by atoms with van der Waals surface area (Å²) in [6.07, 6.45) is 25.9. The maximum absolute atomic E-state index is 11.6. The van der Waals surface area contributed by atoms with Crippen LogP contribution in [0.3, 0.4) is 0 Å². The van der Waals surface area contributed by atoms with E-state index in [0.29, 0.717) is 0 Å². The van der Waals surface area contributed by atoms with Gasteiger partial charge in [0.2, 0.25) is 0 Å². The van der Waals surface area contributed by atoms with Crippen LogP contribution in [-0.4, -0.2) is 70.1 Å². The van der Waals surface area contributed by atoms with Crippen LogP contribution in [0.4, 0.5) is 0 Å². The van der Waals surface area contributed by atoms with Gasteiger partial charge in [0.25, 0.3) is 0 Å². The number of esters is 1. The Kier molecular flexibility index (Phi) is 18.5. The smallest absolute Gasteiger partial charge is 0.334 e. The molecule has 0 spiro atoms. The number of aliphatic hydroxyl groups is 3. The van der Waals surface area contributed by atoms with Gasteiger partial charge in [-0.25, -0.2) is 4.79 Å². The van der Waals surface area contributed by atoms with E-state index in [1.54, 1.807) is 0 Å². The first-order chi connectivity index (χ1) is 21.4. The van der Waals surface area contributed by atoms with Gasteiger partial charge in [0.1, 0.15) is 6.10 Å². The Morgan fingerprint density at radius 3 is 1.61 bits per heavy atom. The molecule has 0 aromatic rings. The summed E-state index contributed by atoms with van der Waals surface area (Å²) in [4.78, 5) is 11.6. The number of unbranched alkanes of at least 4 members (excludes halogenated alkanes) is 12. The summed E-state index contributed by atoms with van der Waals surface area (Å²) in [5, 5.41) is 31.4. The predicted molar refractivity (Wildman–Crippen MR) is 175 cm³/mol. The summed E-state index contributed by atoms with van der Waals surface area (Å²) in [5.74, 6) is -0.123. The van der Waals surface area contributed by atoms with Gasteiger partial charge >= 0.3 is 5.97 Å². The number of aliphatic hydroxyl groups excluding tert-OH is 3. The number of cyclic esters (lactones) is 1. The highest BCUT2D eigenvalue weighted by atomic mass is 16.6. The molecule has 3 aliphatic heterocycles. The van der Waals surface area contributed by atoms with Crippen molar-refractivity contribution in [2.45, 2.75) is 217 Å². The van der Waals surface area contributed by atoms with Crippen molar-refractivity contribution in [2.75, 3.05) is 0 Å². The van der Waals surface area contributed by atoms with Gasteiger partial charge in [0, 0.05) is 5.57 Å². The molecule has 0 unspecified atom stereocenters. The molecule has 0 radical (unpaired) electrons. The van der Waals surface area contributed by atoms with Crippen molar-refractivity contribution in [1.29, 1.82) is 0 Å². The van der Waals surface area contributed by atoms with Gasteiger partial charge in [-0.1, -0.05) is 96.8 Å². The molecule has 256 valence electrons. The van der Waals surface area contributed by atoms with Crippen molar-refractivity contribution in [3.63, 3.8) is 0 Å². The normalized spacial score (nSPS) is 27.4. The number of ether oxygens (including phenoxy) is 3. The molecule has 44 heavy (non-hydrogen) atoms. The predicted octanol–water partition coefficient (Wildman–Crippen LogP) is 7.86. The molecule has 3 aliphatic rings. The topological polar surface area (TPSA) is 105 Å². The van der Waals surface area contributed by atoms with Crippen LogP contribution in [0.25, 0.3) is 0 Å². The Morgan fingerprint density at radius 2 is 1.11 bits per heavy atom. The fourth-order valence-electron chi connectivity index (χ4n) is 7.26. The third-order valence-electron chi connectivity index (χ3n) is 10.1. The fourth-order valence-corrected chi connectivity index (χ4v) is 7.26. The van der Waals surface area contributed by atoms with Crippen LogP contribution in [0.1, 0.15) is 168 Å². The molecule has 3 heterocycles. The van der Waals surface area contributed by atoms with Crippen molar-refractivity contribution in [3.8, 4) is 0 Å². The largest absolute Gasteiger partial charge is 0.455 e. The van der Waals surface area contributed by atoms with Crippen LogP contribution in [-0.2, 0) is 19.0 Å². The average Bonchev–Trinajstić information content (AvgIpc) is 3.76. The van der Waals surface area contributed by atoms with E-state index >= 15 is 0 Å². The van der Waals surface area contributed by atoms with E-state index < -0.39 is 12.2 Å². The summed E-state index contributed by atoms with van der Waals surface area (Å²) in [6, 6.07) is 0. The second-order valence-electron chi connectivity index (χ2n) is 14.0. The Labute approximate surface area is 268 Å². The lowest BCUT2D eigenvalue weighted by Crippen LogP contribution is -2.33. The van der Waals surface area contributed by atoms with Crippen LogP contribution in [0, 0.1) is 0 Å². The SMILES string of the molecule is CCCC[C@H](O)CCCCC[C@@H](O)[C@H]1CC[C@@H]([C@H]2CC[C@@H]([C@H](O)CCCCCCCCCCCCC3=C[C@H](C)OC3=O)O2)O1. The molecule has 8 atom stereocenters. The highest BCUT2D eigenvalue weighted by Gasteiger charge is 2.40. The molecule has 0 aliphatic carbocycles. The maximum atomic E-state index is 11.6. The van der Waals surface area contributed by atoms with Crippen LogP contribution < -0.4 is 0 Å². The van der Waals surface area contributed by atoms with E-state index in [-0.39, 0.29) is 42.6 Å². The third kappa shape index (κ3) is 14.2. The standard InChI is InChI=1S/C37H66O7/c1-3-4-19-30(38)20-15-13-17-22-32(40)34-24-26-36(44-34)35-25-23-33(43-35)31(39)21-16-12-10-8-6-5-7-9-11-14-18-29-27-28(2)42-37(29)41/h27-28,30-36,38-40H,3-26H2,1-2H3/t28-,30-,31+,32+,33-,34+,35+,36-/m0/s1. The second kappa shape index (κ2) is 21.7. The fraction of sp³-hybridized carbons (Fsp3) is 0.919. The van der Waals surface area contributed by atoms with Gasteiger partial charge < -0.3 is 29.5 Å². The summed E-state index contributed by atoms with van der Waals surface area (Å²) in [6.45, 7) is 4.06. The lowest BCUT2D eigenvalue weighted by molar-refractivity contribution is -0.139. The zero-order chi connectivity index (χ0) is 31.6. The molecule has 3 N–H and O–H groups in total. The van der Waals surface area contributed by atoms with Crippen molar-refractivity contribution < 1.29 is 34.3 Å². The number of hydrogen-bond acceptors (Lipinski definition) is 7. The molecular formula is C37H66O7. The van der Waals surface area contributed by atoms with E-state index in [1.165, 1.54) is 51.4 Å². The van der Waals surface area contributed by atoms with Crippen molar-refractivity contribution in [2.24, 2.45) is 0 Å². The first-order valence-electron chi connectivity index (χ1n) is 18.6. The highest BCUT2D eigenvalue weighted by molar-refractivity contribution is 5.90. The minimum Gasteiger partial charge on any atom is -0.455 e. The summed E-state index contributed by atoms with van der Waals surface area (Å²) in [7, 11) is 0. The lowest BCUT2D eigenvalue weighted by atomic mass is 10.00. The molecule has 7 nitrogen and oxygen atoms in total. The van der Waals surface area contributed by atoms with Gasteiger partial charge in [-0.3, -0.25) is 0 Å². The van der Waals surface area contributed by atoms with Gasteiger partial charge in [-0.15, -0.1) is 0 Å². The molecule has 2 saturated heterocycles. The van der Waals surface area contributed by atoms with E-state index in [4.69, 9.17) is 14.2 Å². The zero-order valence-corrected chi connectivity index (χ0v) is 28.1. The Bertz CT molecular complexity index is 801. The monoisotopic (exact) mass is 622 g/mol. The molecule has 7 heteroatoms. The summed E-state index contributed by atoms with van der Waals surface area (Å²) < 4.78 is 17.7. The van der Waals surface area contributed by atoms with Crippen LogP contribution in [0.5, 0.6) is 0 Å². The van der Waals surface area contributed by atoms with Gasteiger partial charge in [-0.05, 0) is 77.2 Å². The number of rotatable bonds is 25. The van der Waals surface area contributed by atoms with Crippen molar-refractivity contribution in [1.82, 2.24) is 0 Å². The van der Waals surface area contributed by atoms with Crippen molar-refractivity contribution in [3.05, 3.63) is 11.6 Å². The Balaban J connectivity index is 1.12.